The summed E-state index contributed by atoms with van der Waals surface area (Å²) in [6.45, 7) is 2.06. The Balaban J connectivity index is 1.64. The Morgan fingerprint density at radius 2 is 1.94 bits per heavy atom. The molecule has 0 radical (unpaired) electrons. The van der Waals surface area contributed by atoms with Crippen molar-refractivity contribution >= 4 is 56.6 Å². The lowest BCUT2D eigenvalue weighted by Gasteiger charge is -2.19. The van der Waals surface area contributed by atoms with Gasteiger partial charge in [-0.05, 0) is 58.7 Å². The summed E-state index contributed by atoms with van der Waals surface area (Å²) in [5.74, 6) is -0.843. The van der Waals surface area contributed by atoms with E-state index in [4.69, 9.17) is 0 Å². The molecule has 1 fully saturated rings. The highest BCUT2D eigenvalue weighted by molar-refractivity contribution is 9.11. The molecule has 3 rings (SSSR count). The van der Waals surface area contributed by atoms with Gasteiger partial charge >= 0.3 is 0 Å². The first-order valence-corrected chi connectivity index (χ1v) is 11.2. The van der Waals surface area contributed by atoms with Gasteiger partial charge in [-0.2, -0.15) is 0 Å². The first-order chi connectivity index (χ1) is 14.7. The van der Waals surface area contributed by atoms with Crippen molar-refractivity contribution < 1.29 is 19.2 Å². The van der Waals surface area contributed by atoms with Crippen LogP contribution in [-0.2, 0) is 9.59 Å². The Bertz CT molecular complexity index is 1040. The van der Waals surface area contributed by atoms with Crippen LogP contribution in [0, 0.1) is 6.92 Å². The van der Waals surface area contributed by atoms with Gasteiger partial charge in [0.25, 0.3) is 11.8 Å². The van der Waals surface area contributed by atoms with Gasteiger partial charge in [0.05, 0.1) is 21.3 Å². The summed E-state index contributed by atoms with van der Waals surface area (Å²) in [6.07, 6.45) is 0.215. The van der Waals surface area contributed by atoms with E-state index in [1.807, 2.05) is 6.07 Å². The zero-order chi connectivity index (χ0) is 22.7. The number of halogens is 1. The smallest absolute Gasteiger partial charge is 0.261 e. The maximum atomic E-state index is 12.5. The Morgan fingerprint density at radius 1 is 1.19 bits per heavy atom. The van der Waals surface area contributed by atoms with Crippen LogP contribution in [0.15, 0.2) is 34.1 Å². The third-order valence-electron chi connectivity index (χ3n) is 4.92. The number of likely N-dealkylation sites (N-methyl/N-ethyl adjacent to an activating group) is 1. The number of hydrogen-bond donors (Lipinski definition) is 2. The maximum Gasteiger partial charge on any atom is 0.261 e. The van der Waals surface area contributed by atoms with Crippen LogP contribution in [0.2, 0.25) is 0 Å². The van der Waals surface area contributed by atoms with E-state index in [1.54, 1.807) is 50.2 Å². The quantitative estimate of drug-likeness (QED) is 0.626. The molecule has 4 amide bonds. The molecular formula is C21H23BrN4O4S. The number of nitrogens with zero attached hydrogens (tertiary/aromatic N) is 2. The van der Waals surface area contributed by atoms with E-state index in [-0.39, 0.29) is 42.6 Å². The monoisotopic (exact) mass is 506 g/mol. The van der Waals surface area contributed by atoms with Crippen LogP contribution < -0.4 is 15.5 Å². The van der Waals surface area contributed by atoms with Crippen LogP contribution in [0.25, 0.3) is 0 Å². The first-order valence-electron chi connectivity index (χ1n) is 9.61. The molecule has 10 heteroatoms. The summed E-state index contributed by atoms with van der Waals surface area (Å²) < 4.78 is 0.868. The molecule has 1 saturated heterocycles. The van der Waals surface area contributed by atoms with Gasteiger partial charge in [-0.1, -0.05) is 0 Å². The minimum Gasteiger partial charge on any atom is -0.347 e. The molecule has 1 aromatic carbocycles. The van der Waals surface area contributed by atoms with Crippen LogP contribution in [0.5, 0.6) is 0 Å². The molecule has 1 aliphatic rings. The highest BCUT2D eigenvalue weighted by Crippen LogP contribution is 2.26. The van der Waals surface area contributed by atoms with Crippen LogP contribution in [-0.4, -0.2) is 61.8 Å². The highest BCUT2D eigenvalue weighted by atomic mass is 79.9. The molecule has 0 bridgehead atoms. The van der Waals surface area contributed by atoms with Crippen molar-refractivity contribution in [1.29, 1.82) is 0 Å². The van der Waals surface area contributed by atoms with Gasteiger partial charge in [0.1, 0.15) is 0 Å². The summed E-state index contributed by atoms with van der Waals surface area (Å²) in [6, 6.07) is 8.36. The summed E-state index contributed by atoms with van der Waals surface area (Å²) in [7, 11) is 3.24. The highest BCUT2D eigenvalue weighted by Gasteiger charge is 2.32. The molecule has 2 heterocycles. The third kappa shape index (κ3) is 5.50. The van der Waals surface area contributed by atoms with Crippen LogP contribution in [0.1, 0.15) is 32.0 Å². The Hall–Kier alpha value is -2.72. The molecule has 0 spiro atoms. The molecule has 8 nitrogen and oxygen atoms in total. The van der Waals surface area contributed by atoms with Crippen LogP contribution in [0.4, 0.5) is 5.69 Å². The topological polar surface area (TPSA) is 98.8 Å². The Morgan fingerprint density at radius 3 is 2.55 bits per heavy atom. The van der Waals surface area contributed by atoms with E-state index < -0.39 is 0 Å². The number of nitrogens with one attached hydrogen (secondary N) is 2. The van der Waals surface area contributed by atoms with E-state index in [1.165, 1.54) is 16.2 Å². The van der Waals surface area contributed by atoms with Gasteiger partial charge in [-0.3, -0.25) is 19.2 Å². The van der Waals surface area contributed by atoms with Crippen molar-refractivity contribution in [3.05, 3.63) is 50.1 Å². The molecule has 1 aromatic heterocycles. The van der Waals surface area contributed by atoms with Crippen molar-refractivity contribution in [1.82, 2.24) is 15.5 Å². The van der Waals surface area contributed by atoms with Crippen molar-refractivity contribution in [3.63, 3.8) is 0 Å². The fourth-order valence-corrected chi connectivity index (χ4v) is 4.52. The maximum absolute atomic E-state index is 12.5. The number of carbonyl (C=O) groups excluding carboxylic acids is 4. The summed E-state index contributed by atoms with van der Waals surface area (Å²) >= 11 is 4.67. The van der Waals surface area contributed by atoms with Crippen molar-refractivity contribution in [2.24, 2.45) is 0 Å². The standard InChI is InChI=1S/C21H23BrN4O4S/c1-12-8-14(4-5-15(12)20(29)23-10-19(28)25(2)3)26-11-13(9-18(26)27)24-21(30)16-6-7-17(22)31-16/h4-8,13H,9-11H2,1-3H3,(H,23,29)(H,24,30). The minimum atomic E-state index is -0.348. The van der Waals surface area contributed by atoms with Crippen molar-refractivity contribution in [2.75, 3.05) is 32.1 Å². The molecule has 2 N–H and O–H groups in total. The molecule has 1 atom stereocenters. The second kappa shape index (κ2) is 9.61. The number of anilines is 1. The van der Waals surface area contributed by atoms with Gasteiger partial charge in [0, 0.05) is 38.3 Å². The lowest BCUT2D eigenvalue weighted by atomic mass is 10.1. The molecule has 164 valence electrons. The molecule has 1 unspecified atom stereocenters. The Kier molecular flexibility index (Phi) is 7.11. The van der Waals surface area contributed by atoms with Gasteiger partial charge < -0.3 is 20.4 Å². The number of benzene rings is 1. The lowest BCUT2D eigenvalue weighted by molar-refractivity contribution is -0.127. The summed E-state index contributed by atoms with van der Waals surface area (Å²) in [5.41, 5.74) is 1.80. The van der Waals surface area contributed by atoms with Crippen LogP contribution >= 0.6 is 27.3 Å². The number of hydrogen-bond acceptors (Lipinski definition) is 5. The normalized spacial score (nSPS) is 15.7. The molecule has 1 aliphatic heterocycles. The van der Waals surface area contributed by atoms with E-state index >= 15 is 0 Å². The van der Waals surface area contributed by atoms with Gasteiger partial charge in [0.15, 0.2) is 0 Å². The number of carbonyl (C=O) groups is 4. The van der Waals surface area contributed by atoms with E-state index in [0.29, 0.717) is 28.2 Å². The minimum absolute atomic E-state index is 0.0835. The van der Waals surface area contributed by atoms with Crippen LogP contribution in [0.3, 0.4) is 0 Å². The molecular weight excluding hydrogens is 484 g/mol. The largest absolute Gasteiger partial charge is 0.347 e. The van der Waals surface area contributed by atoms with Gasteiger partial charge in [-0.25, -0.2) is 0 Å². The average Bonchev–Trinajstić information content (AvgIpc) is 3.31. The second-order valence-corrected chi connectivity index (χ2v) is 9.92. The van der Waals surface area contributed by atoms with Gasteiger partial charge in [0.2, 0.25) is 11.8 Å². The van der Waals surface area contributed by atoms with Crippen molar-refractivity contribution in [3.8, 4) is 0 Å². The summed E-state index contributed by atoms with van der Waals surface area (Å²) in [4.78, 5) is 52.5. The number of amides is 4. The fourth-order valence-electron chi connectivity index (χ4n) is 3.23. The molecule has 0 aliphatic carbocycles. The second-order valence-electron chi connectivity index (χ2n) is 7.45. The molecule has 2 aromatic rings. The summed E-state index contributed by atoms with van der Waals surface area (Å²) in [5, 5.41) is 5.51. The van der Waals surface area contributed by atoms with Crippen molar-refractivity contribution in [2.45, 2.75) is 19.4 Å². The predicted molar refractivity (Wildman–Crippen MR) is 122 cm³/mol. The molecule has 0 saturated carbocycles. The SMILES string of the molecule is Cc1cc(N2CC(NC(=O)c3ccc(Br)s3)CC2=O)ccc1C(=O)NCC(=O)N(C)C. The average molecular weight is 507 g/mol. The fraction of sp³-hybridized carbons (Fsp3) is 0.333. The van der Waals surface area contributed by atoms with E-state index in [0.717, 1.165) is 3.79 Å². The van der Waals surface area contributed by atoms with E-state index in [9.17, 15) is 19.2 Å². The lowest BCUT2D eigenvalue weighted by Crippen LogP contribution is -2.37. The number of rotatable bonds is 6. The number of aryl methyl sites for hydroxylation is 1. The Labute approximate surface area is 192 Å². The zero-order valence-corrected chi connectivity index (χ0v) is 19.8. The van der Waals surface area contributed by atoms with Gasteiger partial charge in [-0.15, -0.1) is 11.3 Å². The van der Waals surface area contributed by atoms with E-state index in [2.05, 4.69) is 26.6 Å². The molecule has 31 heavy (non-hydrogen) atoms. The first kappa shape index (κ1) is 23.0. The predicted octanol–water partition coefficient (Wildman–Crippen LogP) is 2.17. The number of thiophene rings is 1. The zero-order valence-electron chi connectivity index (χ0n) is 17.4. The third-order valence-corrected chi connectivity index (χ3v) is 6.54.